The third-order valence-electron chi connectivity index (χ3n) is 2.52. The number of halogens is 1. The van der Waals surface area contributed by atoms with E-state index in [0.717, 1.165) is 14.9 Å². The van der Waals surface area contributed by atoms with Crippen molar-refractivity contribution in [2.24, 2.45) is 0 Å². The van der Waals surface area contributed by atoms with Crippen molar-refractivity contribution in [3.8, 4) is 0 Å². The van der Waals surface area contributed by atoms with Gasteiger partial charge in [-0.25, -0.2) is 8.42 Å². The number of anilines is 1. The van der Waals surface area contributed by atoms with Crippen LogP contribution in [-0.2, 0) is 15.6 Å². The lowest BCUT2D eigenvalue weighted by molar-refractivity contribution is 0.596. The summed E-state index contributed by atoms with van der Waals surface area (Å²) in [7, 11) is -3.40. The van der Waals surface area contributed by atoms with Gasteiger partial charge in [0, 0.05) is 9.35 Å². The Kier molecular flexibility index (Phi) is 3.79. The van der Waals surface area contributed by atoms with Crippen molar-refractivity contribution in [3.05, 3.63) is 44.6 Å². The van der Waals surface area contributed by atoms with E-state index in [0.29, 0.717) is 5.69 Å². The molecule has 0 saturated carbocycles. The summed E-state index contributed by atoms with van der Waals surface area (Å²) in [6, 6.07) is 6.89. The molecule has 18 heavy (non-hydrogen) atoms. The first kappa shape index (κ1) is 13.6. The van der Waals surface area contributed by atoms with Gasteiger partial charge in [-0.3, -0.25) is 0 Å². The molecule has 0 spiro atoms. The largest absolute Gasteiger partial charge is 0.398 e. The molecule has 0 bridgehead atoms. The van der Waals surface area contributed by atoms with Gasteiger partial charge in [-0.2, -0.15) is 0 Å². The van der Waals surface area contributed by atoms with Crippen molar-refractivity contribution >= 4 is 42.8 Å². The standard InChI is InChI=1S/C12H12BrNO2S2/c1-8-2-3-10(14)12(6-8)18(15,16)7-11-9(13)4-5-17-11/h2-6H,7,14H2,1H3. The fraction of sp³-hybridized carbons (Fsp3) is 0.167. The average molecular weight is 346 g/mol. The molecule has 0 saturated heterocycles. The van der Waals surface area contributed by atoms with E-state index in [9.17, 15) is 8.42 Å². The van der Waals surface area contributed by atoms with Crippen molar-refractivity contribution in [2.75, 3.05) is 5.73 Å². The zero-order chi connectivity index (χ0) is 13.3. The summed E-state index contributed by atoms with van der Waals surface area (Å²) in [6.45, 7) is 1.85. The number of benzene rings is 1. The molecule has 0 fully saturated rings. The second-order valence-corrected chi connectivity index (χ2v) is 7.81. The van der Waals surface area contributed by atoms with Crippen LogP contribution >= 0.6 is 27.3 Å². The molecular weight excluding hydrogens is 334 g/mol. The Morgan fingerprint density at radius 3 is 2.67 bits per heavy atom. The van der Waals surface area contributed by atoms with E-state index in [1.54, 1.807) is 18.2 Å². The maximum absolute atomic E-state index is 12.3. The van der Waals surface area contributed by atoms with Crippen molar-refractivity contribution in [1.82, 2.24) is 0 Å². The van der Waals surface area contributed by atoms with Gasteiger partial charge in [-0.1, -0.05) is 6.07 Å². The Morgan fingerprint density at radius 1 is 1.33 bits per heavy atom. The minimum atomic E-state index is -3.40. The molecule has 0 aliphatic heterocycles. The van der Waals surface area contributed by atoms with E-state index in [1.165, 1.54) is 11.3 Å². The quantitative estimate of drug-likeness (QED) is 0.867. The van der Waals surface area contributed by atoms with Crippen LogP contribution in [0.2, 0.25) is 0 Å². The molecule has 0 amide bonds. The lowest BCUT2D eigenvalue weighted by atomic mass is 10.2. The van der Waals surface area contributed by atoms with Gasteiger partial charge in [-0.15, -0.1) is 11.3 Å². The third-order valence-corrected chi connectivity index (χ3v) is 6.32. The fourth-order valence-electron chi connectivity index (χ4n) is 1.59. The Bertz CT molecular complexity index is 677. The van der Waals surface area contributed by atoms with Gasteiger partial charge in [0.15, 0.2) is 9.84 Å². The maximum atomic E-state index is 12.3. The molecule has 1 aromatic carbocycles. The van der Waals surface area contributed by atoms with Crippen molar-refractivity contribution in [2.45, 2.75) is 17.6 Å². The monoisotopic (exact) mass is 345 g/mol. The first-order chi connectivity index (χ1) is 8.40. The first-order valence-corrected chi connectivity index (χ1v) is 8.53. The van der Waals surface area contributed by atoms with Crippen molar-refractivity contribution < 1.29 is 8.42 Å². The molecule has 0 unspecified atom stereocenters. The molecule has 6 heteroatoms. The van der Waals surface area contributed by atoms with Crippen LogP contribution < -0.4 is 5.73 Å². The molecule has 0 radical (unpaired) electrons. The van der Waals surface area contributed by atoms with Crippen LogP contribution in [0.25, 0.3) is 0 Å². The second-order valence-electron chi connectivity index (χ2n) is 3.99. The number of nitrogens with two attached hydrogens (primary N) is 1. The highest BCUT2D eigenvalue weighted by atomic mass is 79.9. The van der Waals surface area contributed by atoms with Crippen LogP contribution in [0.5, 0.6) is 0 Å². The number of aryl methyl sites for hydroxylation is 1. The molecule has 1 aromatic heterocycles. The SMILES string of the molecule is Cc1ccc(N)c(S(=O)(=O)Cc2sccc2Br)c1. The fourth-order valence-corrected chi connectivity index (χ4v) is 5.24. The Labute approximate surface area is 119 Å². The van der Waals surface area contributed by atoms with E-state index in [4.69, 9.17) is 5.73 Å². The normalized spacial score (nSPS) is 11.7. The van der Waals surface area contributed by atoms with Crippen LogP contribution in [-0.4, -0.2) is 8.42 Å². The number of sulfone groups is 1. The summed E-state index contributed by atoms with van der Waals surface area (Å²) in [4.78, 5) is 0.999. The highest BCUT2D eigenvalue weighted by Gasteiger charge is 2.20. The predicted molar refractivity (Wildman–Crippen MR) is 78.5 cm³/mol. The molecule has 1 heterocycles. The van der Waals surface area contributed by atoms with Crippen LogP contribution in [0.3, 0.4) is 0 Å². The highest BCUT2D eigenvalue weighted by Crippen LogP contribution is 2.29. The molecule has 2 N–H and O–H groups in total. The Balaban J connectivity index is 2.43. The summed E-state index contributed by atoms with van der Waals surface area (Å²) < 4.78 is 25.5. The summed E-state index contributed by atoms with van der Waals surface area (Å²) in [6.07, 6.45) is 0. The average Bonchev–Trinajstić information content (AvgIpc) is 2.67. The van der Waals surface area contributed by atoms with E-state index in [2.05, 4.69) is 15.9 Å². The van der Waals surface area contributed by atoms with Gasteiger partial charge in [-0.05, 0) is 52.0 Å². The predicted octanol–water partition coefficient (Wildman–Crippen LogP) is 3.38. The number of hydrogen-bond acceptors (Lipinski definition) is 4. The molecule has 3 nitrogen and oxygen atoms in total. The van der Waals surface area contributed by atoms with Gasteiger partial charge in [0.05, 0.1) is 16.3 Å². The molecule has 0 aliphatic carbocycles. The number of hydrogen-bond donors (Lipinski definition) is 1. The smallest absolute Gasteiger partial charge is 0.185 e. The lowest BCUT2D eigenvalue weighted by Gasteiger charge is -2.08. The van der Waals surface area contributed by atoms with E-state index >= 15 is 0 Å². The molecule has 2 aromatic rings. The van der Waals surface area contributed by atoms with E-state index in [-0.39, 0.29) is 10.6 Å². The van der Waals surface area contributed by atoms with Gasteiger partial charge in [0.2, 0.25) is 0 Å². The summed E-state index contributed by atoms with van der Waals surface area (Å²) in [5.74, 6) is -0.0289. The minimum Gasteiger partial charge on any atom is -0.398 e. The molecule has 0 atom stereocenters. The van der Waals surface area contributed by atoms with E-state index < -0.39 is 9.84 Å². The van der Waals surface area contributed by atoms with Gasteiger partial charge in [0.1, 0.15) is 0 Å². The Hall–Kier alpha value is -0.850. The van der Waals surface area contributed by atoms with Crippen LogP contribution in [0.15, 0.2) is 39.0 Å². The Morgan fingerprint density at radius 2 is 2.06 bits per heavy atom. The minimum absolute atomic E-state index is 0.0289. The van der Waals surface area contributed by atoms with Crippen molar-refractivity contribution in [1.29, 1.82) is 0 Å². The summed E-state index contributed by atoms with van der Waals surface area (Å²) in [5, 5.41) is 1.86. The van der Waals surface area contributed by atoms with Crippen LogP contribution in [0, 0.1) is 6.92 Å². The van der Waals surface area contributed by atoms with Gasteiger partial charge >= 0.3 is 0 Å². The summed E-state index contributed by atoms with van der Waals surface area (Å²) >= 11 is 4.75. The zero-order valence-electron chi connectivity index (χ0n) is 9.68. The van der Waals surface area contributed by atoms with Gasteiger partial charge in [0.25, 0.3) is 0 Å². The van der Waals surface area contributed by atoms with Crippen LogP contribution in [0.1, 0.15) is 10.4 Å². The number of thiophene rings is 1. The summed E-state index contributed by atoms with van der Waals surface area (Å²) in [5.41, 5.74) is 6.94. The van der Waals surface area contributed by atoms with Gasteiger partial charge < -0.3 is 5.73 Å². The molecule has 0 aliphatic rings. The zero-order valence-corrected chi connectivity index (χ0v) is 12.9. The molecule has 2 rings (SSSR count). The highest BCUT2D eigenvalue weighted by molar-refractivity contribution is 9.10. The van der Waals surface area contributed by atoms with E-state index in [1.807, 2.05) is 18.4 Å². The third kappa shape index (κ3) is 2.76. The molecule has 96 valence electrons. The van der Waals surface area contributed by atoms with Crippen molar-refractivity contribution in [3.63, 3.8) is 0 Å². The lowest BCUT2D eigenvalue weighted by Crippen LogP contribution is -2.07. The second kappa shape index (κ2) is 5.03. The number of nitrogen functional groups attached to an aromatic ring is 1. The molecular formula is C12H12BrNO2S2. The topological polar surface area (TPSA) is 60.2 Å². The number of rotatable bonds is 3. The first-order valence-electron chi connectivity index (χ1n) is 5.21. The van der Waals surface area contributed by atoms with Crippen LogP contribution in [0.4, 0.5) is 5.69 Å². The maximum Gasteiger partial charge on any atom is 0.185 e.